The van der Waals surface area contributed by atoms with Gasteiger partial charge in [0.1, 0.15) is 0 Å². The van der Waals surface area contributed by atoms with Crippen LogP contribution in [0.4, 0.5) is 0 Å². The van der Waals surface area contributed by atoms with E-state index in [1.807, 2.05) is 13.8 Å². The van der Waals surface area contributed by atoms with Crippen molar-refractivity contribution in [1.29, 1.82) is 0 Å². The molecule has 0 amide bonds. The van der Waals surface area contributed by atoms with Crippen LogP contribution in [0.15, 0.2) is 24.3 Å². The quantitative estimate of drug-likeness (QED) is 0.752. The van der Waals surface area contributed by atoms with Crippen LogP contribution in [0.1, 0.15) is 34.6 Å². The lowest BCUT2D eigenvalue weighted by atomic mass is 10.1. The van der Waals surface area contributed by atoms with Crippen LogP contribution in [-0.2, 0) is 9.47 Å². The highest BCUT2D eigenvalue weighted by molar-refractivity contribution is 5.93. The Bertz CT molecular complexity index is 392. The normalized spacial score (nSPS) is 10.1. The topological polar surface area (TPSA) is 52.6 Å². The van der Waals surface area contributed by atoms with Gasteiger partial charge in [0, 0.05) is 0 Å². The maximum absolute atomic E-state index is 11.6. The lowest BCUT2D eigenvalue weighted by Crippen LogP contribution is -2.10. The van der Waals surface area contributed by atoms with Gasteiger partial charge in [-0.05, 0) is 30.2 Å². The van der Waals surface area contributed by atoms with E-state index in [0.29, 0.717) is 23.7 Å². The van der Waals surface area contributed by atoms with E-state index in [2.05, 4.69) is 4.74 Å². The molecule has 0 unspecified atom stereocenters. The zero-order chi connectivity index (χ0) is 12.8. The zero-order valence-electron chi connectivity index (χ0n) is 10.2. The molecular weight excluding hydrogens is 220 g/mol. The summed E-state index contributed by atoms with van der Waals surface area (Å²) in [6, 6.07) is 6.18. The molecule has 0 saturated heterocycles. The van der Waals surface area contributed by atoms with Gasteiger partial charge in [-0.15, -0.1) is 0 Å². The van der Waals surface area contributed by atoms with Gasteiger partial charge in [0.05, 0.1) is 24.8 Å². The Labute approximate surface area is 101 Å². The third-order valence-corrected chi connectivity index (χ3v) is 2.09. The number of methoxy groups -OCH3 is 1. The van der Waals surface area contributed by atoms with Gasteiger partial charge in [-0.2, -0.15) is 0 Å². The minimum absolute atomic E-state index is 0.299. The SMILES string of the molecule is COC(=O)c1ccc(C(=O)OCC(C)C)cc1. The smallest absolute Gasteiger partial charge is 0.338 e. The first-order chi connectivity index (χ1) is 8.04. The molecule has 0 aliphatic heterocycles. The molecule has 17 heavy (non-hydrogen) atoms. The summed E-state index contributed by atoms with van der Waals surface area (Å²) in [6.07, 6.45) is 0. The van der Waals surface area contributed by atoms with Gasteiger partial charge < -0.3 is 9.47 Å². The minimum atomic E-state index is -0.424. The van der Waals surface area contributed by atoms with E-state index >= 15 is 0 Å². The van der Waals surface area contributed by atoms with Crippen molar-refractivity contribution in [3.63, 3.8) is 0 Å². The Hall–Kier alpha value is -1.84. The summed E-state index contributed by atoms with van der Waals surface area (Å²) in [5, 5.41) is 0. The summed E-state index contributed by atoms with van der Waals surface area (Å²) in [5.41, 5.74) is 0.839. The van der Waals surface area contributed by atoms with E-state index in [1.165, 1.54) is 19.2 Å². The van der Waals surface area contributed by atoms with E-state index in [9.17, 15) is 9.59 Å². The number of carbonyl (C=O) groups excluding carboxylic acids is 2. The first-order valence-electron chi connectivity index (χ1n) is 5.40. The van der Waals surface area contributed by atoms with Crippen molar-refractivity contribution in [3.8, 4) is 0 Å². The number of esters is 2. The maximum atomic E-state index is 11.6. The Morgan fingerprint density at radius 3 is 1.94 bits per heavy atom. The Balaban J connectivity index is 2.67. The van der Waals surface area contributed by atoms with Gasteiger partial charge in [-0.25, -0.2) is 9.59 Å². The summed E-state index contributed by atoms with van der Waals surface area (Å²) < 4.78 is 9.62. The molecule has 0 bridgehead atoms. The Morgan fingerprint density at radius 2 is 1.53 bits per heavy atom. The number of rotatable bonds is 4. The monoisotopic (exact) mass is 236 g/mol. The lowest BCUT2D eigenvalue weighted by molar-refractivity contribution is 0.0457. The molecule has 1 aromatic carbocycles. The molecule has 1 rings (SSSR count). The van der Waals surface area contributed by atoms with Crippen molar-refractivity contribution in [2.24, 2.45) is 5.92 Å². The molecule has 1 aromatic rings. The summed E-state index contributed by atoms with van der Waals surface area (Å²) in [6.45, 7) is 4.32. The molecule has 0 heterocycles. The fraction of sp³-hybridized carbons (Fsp3) is 0.385. The van der Waals surface area contributed by atoms with Crippen molar-refractivity contribution < 1.29 is 19.1 Å². The van der Waals surface area contributed by atoms with Crippen molar-refractivity contribution in [3.05, 3.63) is 35.4 Å². The van der Waals surface area contributed by atoms with Gasteiger partial charge in [0.15, 0.2) is 0 Å². The Morgan fingerprint density at radius 1 is 1.06 bits per heavy atom. The number of hydrogen-bond acceptors (Lipinski definition) is 4. The summed E-state index contributed by atoms with van der Waals surface area (Å²) in [4.78, 5) is 22.7. The van der Waals surface area contributed by atoms with Crippen molar-refractivity contribution in [2.45, 2.75) is 13.8 Å². The predicted molar refractivity (Wildman–Crippen MR) is 62.9 cm³/mol. The molecular formula is C13H16O4. The molecule has 0 aliphatic carbocycles. The van der Waals surface area contributed by atoms with Crippen LogP contribution in [0.3, 0.4) is 0 Å². The number of carbonyl (C=O) groups is 2. The molecule has 0 fully saturated rings. The van der Waals surface area contributed by atoms with Crippen LogP contribution < -0.4 is 0 Å². The van der Waals surface area contributed by atoms with Crippen LogP contribution in [0.25, 0.3) is 0 Å². The summed E-state index contributed by atoms with van der Waals surface area (Å²) in [5.74, 6) is -0.504. The third kappa shape index (κ3) is 3.90. The second-order valence-corrected chi connectivity index (χ2v) is 4.06. The van der Waals surface area contributed by atoms with Gasteiger partial charge in [-0.1, -0.05) is 13.8 Å². The first kappa shape index (κ1) is 13.2. The molecule has 0 aliphatic rings. The largest absolute Gasteiger partial charge is 0.465 e. The van der Waals surface area contributed by atoms with Crippen molar-refractivity contribution >= 4 is 11.9 Å². The maximum Gasteiger partial charge on any atom is 0.338 e. The van der Waals surface area contributed by atoms with E-state index in [1.54, 1.807) is 12.1 Å². The van der Waals surface area contributed by atoms with Crippen LogP contribution in [0.5, 0.6) is 0 Å². The van der Waals surface area contributed by atoms with Gasteiger partial charge in [0.2, 0.25) is 0 Å². The number of ether oxygens (including phenoxy) is 2. The fourth-order valence-corrected chi connectivity index (χ4v) is 1.19. The van der Waals surface area contributed by atoms with Gasteiger partial charge in [-0.3, -0.25) is 0 Å². The minimum Gasteiger partial charge on any atom is -0.465 e. The van der Waals surface area contributed by atoms with E-state index in [4.69, 9.17) is 4.74 Å². The van der Waals surface area contributed by atoms with Gasteiger partial charge >= 0.3 is 11.9 Å². The number of benzene rings is 1. The van der Waals surface area contributed by atoms with Crippen LogP contribution in [0.2, 0.25) is 0 Å². The van der Waals surface area contributed by atoms with Crippen molar-refractivity contribution in [2.75, 3.05) is 13.7 Å². The van der Waals surface area contributed by atoms with E-state index in [-0.39, 0.29) is 5.97 Å². The predicted octanol–water partition coefficient (Wildman–Crippen LogP) is 2.29. The fourth-order valence-electron chi connectivity index (χ4n) is 1.19. The molecule has 0 atom stereocenters. The summed E-state index contributed by atoms with van der Waals surface area (Å²) >= 11 is 0. The standard InChI is InChI=1S/C13H16O4/c1-9(2)8-17-13(15)11-6-4-10(5-7-11)12(14)16-3/h4-7,9H,8H2,1-3H3. The Kier molecular flexibility index (Phi) is 4.69. The van der Waals surface area contributed by atoms with Crippen molar-refractivity contribution in [1.82, 2.24) is 0 Å². The molecule has 92 valence electrons. The third-order valence-electron chi connectivity index (χ3n) is 2.09. The van der Waals surface area contributed by atoms with E-state index in [0.717, 1.165) is 0 Å². The average Bonchev–Trinajstić information content (AvgIpc) is 2.35. The molecule has 4 heteroatoms. The second kappa shape index (κ2) is 6.03. The van der Waals surface area contributed by atoms with E-state index < -0.39 is 5.97 Å². The number of hydrogen-bond donors (Lipinski definition) is 0. The molecule has 0 spiro atoms. The zero-order valence-corrected chi connectivity index (χ0v) is 10.2. The lowest BCUT2D eigenvalue weighted by Gasteiger charge is -2.07. The molecule has 0 N–H and O–H groups in total. The second-order valence-electron chi connectivity index (χ2n) is 4.06. The van der Waals surface area contributed by atoms with Crippen LogP contribution >= 0.6 is 0 Å². The molecule has 0 aromatic heterocycles. The van der Waals surface area contributed by atoms with Gasteiger partial charge in [0.25, 0.3) is 0 Å². The molecule has 4 nitrogen and oxygen atoms in total. The molecule has 0 saturated carbocycles. The average molecular weight is 236 g/mol. The summed E-state index contributed by atoms with van der Waals surface area (Å²) in [7, 11) is 1.31. The highest BCUT2D eigenvalue weighted by Gasteiger charge is 2.10. The van der Waals surface area contributed by atoms with Crippen LogP contribution in [0, 0.1) is 5.92 Å². The highest BCUT2D eigenvalue weighted by Crippen LogP contribution is 2.08. The first-order valence-corrected chi connectivity index (χ1v) is 5.40. The van der Waals surface area contributed by atoms with Crippen LogP contribution in [-0.4, -0.2) is 25.7 Å². The highest BCUT2D eigenvalue weighted by atomic mass is 16.5. The molecule has 0 radical (unpaired) electrons.